The molecule has 3 nitrogen and oxygen atoms in total. The van der Waals surface area contributed by atoms with Gasteiger partial charge in [-0.2, -0.15) is 0 Å². The third-order valence-corrected chi connectivity index (χ3v) is 2.68. The maximum absolute atomic E-state index is 10.6. The Morgan fingerprint density at radius 1 is 1.62 bits per heavy atom. The van der Waals surface area contributed by atoms with Crippen LogP contribution in [0.3, 0.4) is 0 Å². The Morgan fingerprint density at radius 2 is 2.23 bits per heavy atom. The molecule has 1 rings (SSSR count). The van der Waals surface area contributed by atoms with E-state index in [0.717, 1.165) is 6.42 Å². The second-order valence-electron chi connectivity index (χ2n) is 4.16. The highest BCUT2D eigenvalue weighted by molar-refractivity contribution is 5.86. The predicted molar refractivity (Wildman–Crippen MR) is 49.4 cm³/mol. The molecule has 2 N–H and O–H groups in total. The minimum absolute atomic E-state index is 0.190. The summed E-state index contributed by atoms with van der Waals surface area (Å²) in [7, 11) is 0. The molecule has 1 aliphatic rings. The van der Waals surface area contributed by atoms with Crippen LogP contribution in [0.25, 0.3) is 0 Å². The van der Waals surface area contributed by atoms with Crippen LogP contribution in [0.5, 0.6) is 0 Å². The van der Waals surface area contributed by atoms with Crippen molar-refractivity contribution in [2.45, 2.75) is 38.7 Å². The van der Waals surface area contributed by atoms with Crippen molar-refractivity contribution in [1.29, 1.82) is 0 Å². The highest BCUT2D eigenvalue weighted by atomic mass is 16.4. The van der Waals surface area contributed by atoms with Gasteiger partial charge in [0.15, 0.2) is 0 Å². The van der Waals surface area contributed by atoms with Crippen LogP contribution in [0.1, 0.15) is 33.1 Å². The molecule has 0 radical (unpaired) electrons. The molecule has 0 aromatic heterocycles. The first-order valence-corrected chi connectivity index (χ1v) is 4.56. The van der Waals surface area contributed by atoms with E-state index in [4.69, 9.17) is 5.11 Å². The van der Waals surface area contributed by atoms with Gasteiger partial charge in [0.25, 0.3) is 0 Å². The maximum atomic E-state index is 10.6. The summed E-state index contributed by atoms with van der Waals surface area (Å²) in [6, 6.07) is 0. The molecule has 0 heterocycles. The number of carbonyl (C=O) groups is 1. The summed E-state index contributed by atoms with van der Waals surface area (Å²) in [5.41, 5.74) is -0.207. The van der Waals surface area contributed by atoms with Crippen LogP contribution >= 0.6 is 0 Å². The molecule has 1 aliphatic carbocycles. The zero-order valence-electron chi connectivity index (χ0n) is 8.08. The summed E-state index contributed by atoms with van der Waals surface area (Å²) >= 11 is 0. The van der Waals surface area contributed by atoms with Crippen molar-refractivity contribution in [1.82, 2.24) is 0 Å². The fourth-order valence-electron chi connectivity index (χ4n) is 1.67. The SMILES string of the molecule is CC(C)(O)[C@@H]1CC=C(C(=O)O)CC1. The van der Waals surface area contributed by atoms with Crippen LogP contribution in [0, 0.1) is 5.92 Å². The Labute approximate surface area is 78.1 Å². The largest absolute Gasteiger partial charge is 0.478 e. The van der Waals surface area contributed by atoms with Crippen molar-refractivity contribution in [3.05, 3.63) is 11.6 Å². The average molecular weight is 184 g/mol. The van der Waals surface area contributed by atoms with Gasteiger partial charge in [0, 0.05) is 5.57 Å². The van der Waals surface area contributed by atoms with Crippen molar-refractivity contribution in [2.75, 3.05) is 0 Å². The number of hydrogen-bond acceptors (Lipinski definition) is 2. The lowest BCUT2D eigenvalue weighted by molar-refractivity contribution is -0.133. The summed E-state index contributed by atoms with van der Waals surface area (Å²) in [5, 5.41) is 18.4. The van der Waals surface area contributed by atoms with Gasteiger partial charge in [0.1, 0.15) is 0 Å². The average Bonchev–Trinajstić information content (AvgIpc) is 2.03. The van der Waals surface area contributed by atoms with E-state index in [-0.39, 0.29) is 5.92 Å². The van der Waals surface area contributed by atoms with Crippen LogP contribution < -0.4 is 0 Å². The Kier molecular flexibility index (Phi) is 2.76. The zero-order valence-corrected chi connectivity index (χ0v) is 8.08. The number of carboxylic acids is 1. The van der Waals surface area contributed by atoms with E-state index in [2.05, 4.69) is 0 Å². The molecular weight excluding hydrogens is 168 g/mol. The topological polar surface area (TPSA) is 57.5 Å². The molecule has 74 valence electrons. The lowest BCUT2D eigenvalue weighted by Gasteiger charge is -2.31. The van der Waals surface area contributed by atoms with Crippen molar-refractivity contribution < 1.29 is 15.0 Å². The molecule has 0 amide bonds. The molecule has 0 aliphatic heterocycles. The summed E-state index contributed by atoms with van der Waals surface area (Å²) in [4.78, 5) is 10.6. The fraction of sp³-hybridized carbons (Fsp3) is 0.700. The number of carboxylic acid groups (broad SMARTS) is 1. The Morgan fingerprint density at radius 3 is 2.54 bits per heavy atom. The quantitative estimate of drug-likeness (QED) is 0.684. The molecule has 0 bridgehead atoms. The van der Waals surface area contributed by atoms with Gasteiger partial charge >= 0.3 is 5.97 Å². The van der Waals surface area contributed by atoms with Crippen LogP contribution in [-0.4, -0.2) is 21.8 Å². The Bertz CT molecular complexity index is 235. The molecule has 13 heavy (non-hydrogen) atoms. The summed E-state index contributed by atoms with van der Waals surface area (Å²) in [6.45, 7) is 3.55. The maximum Gasteiger partial charge on any atom is 0.331 e. The van der Waals surface area contributed by atoms with E-state index >= 15 is 0 Å². The molecule has 0 fully saturated rings. The zero-order chi connectivity index (χ0) is 10.1. The van der Waals surface area contributed by atoms with E-state index in [1.54, 1.807) is 19.9 Å². The molecule has 1 atom stereocenters. The lowest BCUT2D eigenvalue weighted by atomic mass is 9.79. The van der Waals surface area contributed by atoms with Gasteiger partial charge in [-0.05, 0) is 39.0 Å². The third kappa shape index (κ3) is 2.56. The number of aliphatic hydroxyl groups is 1. The van der Waals surface area contributed by atoms with Crippen LogP contribution in [0.4, 0.5) is 0 Å². The third-order valence-electron chi connectivity index (χ3n) is 2.68. The molecule has 0 saturated heterocycles. The summed E-state index contributed by atoms with van der Waals surface area (Å²) < 4.78 is 0. The molecule has 3 heteroatoms. The minimum atomic E-state index is -0.825. The first kappa shape index (κ1) is 10.3. The summed E-state index contributed by atoms with van der Waals surface area (Å²) in [5.74, 6) is -0.634. The van der Waals surface area contributed by atoms with Gasteiger partial charge in [-0.1, -0.05) is 6.08 Å². The Hall–Kier alpha value is -0.830. The summed E-state index contributed by atoms with van der Waals surface area (Å²) in [6.07, 6.45) is 3.74. The molecule has 0 aromatic rings. The van der Waals surface area contributed by atoms with E-state index in [0.29, 0.717) is 18.4 Å². The van der Waals surface area contributed by atoms with Crippen molar-refractivity contribution in [3.8, 4) is 0 Å². The monoisotopic (exact) mass is 184 g/mol. The first-order valence-electron chi connectivity index (χ1n) is 4.56. The van der Waals surface area contributed by atoms with Gasteiger partial charge < -0.3 is 10.2 Å². The molecule has 0 aromatic carbocycles. The highest BCUT2D eigenvalue weighted by Gasteiger charge is 2.29. The lowest BCUT2D eigenvalue weighted by Crippen LogP contribution is -2.32. The highest BCUT2D eigenvalue weighted by Crippen LogP contribution is 2.31. The number of allylic oxidation sites excluding steroid dienone is 1. The smallest absolute Gasteiger partial charge is 0.331 e. The standard InChI is InChI=1S/C10H16O3/c1-10(2,13)8-5-3-7(4-6-8)9(11)12/h3,8,13H,4-6H2,1-2H3,(H,11,12)/t8-/m1/s1. The fourth-order valence-corrected chi connectivity index (χ4v) is 1.67. The van der Waals surface area contributed by atoms with Crippen LogP contribution in [0.15, 0.2) is 11.6 Å². The molecular formula is C10H16O3. The number of hydrogen-bond donors (Lipinski definition) is 2. The molecule has 0 saturated carbocycles. The first-order chi connectivity index (χ1) is 5.91. The number of rotatable bonds is 2. The van der Waals surface area contributed by atoms with Gasteiger partial charge in [-0.15, -0.1) is 0 Å². The van der Waals surface area contributed by atoms with E-state index in [9.17, 15) is 9.90 Å². The molecule has 0 spiro atoms. The second kappa shape index (κ2) is 3.50. The van der Waals surface area contributed by atoms with Crippen molar-refractivity contribution in [2.24, 2.45) is 5.92 Å². The number of aliphatic carboxylic acids is 1. The Balaban J connectivity index is 2.61. The van der Waals surface area contributed by atoms with Crippen LogP contribution in [-0.2, 0) is 4.79 Å². The minimum Gasteiger partial charge on any atom is -0.478 e. The van der Waals surface area contributed by atoms with E-state index in [1.807, 2.05) is 0 Å². The van der Waals surface area contributed by atoms with Crippen molar-refractivity contribution >= 4 is 5.97 Å². The van der Waals surface area contributed by atoms with Gasteiger partial charge in [0.05, 0.1) is 5.60 Å². The van der Waals surface area contributed by atoms with E-state index in [1.165, 1.54) is 0 Å². The normalized spacial score (nSPS) is 23.9. The second-order valence-corrected chi connectivity index (χ2v) is 4.16. The van der Waals surface area contributed by atoms with Gasteiger partial charge in [0.2, 0.25) is 0 Å². The predicted octanol–water partition coefficient (Wildman–Crippen LogP) is 1.57. The van der Waals surface area contributed by atoms with E-state index < -0.39 is 11.6 Å². The van der Waals surface area contributed by atoms with Crippen LogP contribution in [0.2, 0.25) is 0 Å². The van der Waals surface area contributed by atoms with Crippen molar-refractivity contribution in [3.63, 3.8) is 0 Å². The van der Waals surface area contributed by atoms with Gasteiger partial charge in [-0.25, -0.2) is 4.79 Å². The molecule has 0 unspecified atom stereocenters. The van der Waals surface area contributed by atoms with Gasteiger partial charge in [-0.3, -0.25) is 0 Å².